The Labute approximate surface area is 160 Å². The molecule has 2 amide bonds. The summed E-state index contributed by atoms with van der Waals surface area (Å²) in [6.07, 6.45) is 2.74. The third kappa shape index (κ3) is 4.33. The zero-order valence-electron chi connectivity index (χ0n) is 13.9. The van der Waals surface area contributed by atoms with E-state index in [9.17, 15) is 9.59 Å². The number of halogens is 1. The minimum atomic E-state index is -0.703. The molecule has 3 rings (SSSR count). The Morgan fingerprint density at radius 1 is 1.08 bits per heavy atom. The molecule has 134 valence electrons. The van der Waals surface area contributed by atoms with Crippen LogP contribution in [0.2, 0.25) is 5.02 Å². The van der Waals surface area contributed by atoms with Crippen molar-refractivity contribution < 1.29 is 14.0 Å². The van der Waals surface area contributed by atoms with Gasteiger partial charge in [0.15, 0.2) is 0 Å². The van der Waals surface area contributed by atoms with Gasteiger partial charge in [-0.15, -0.1) is 0 Å². The molecular weight excluding hydrogens is 372 g/mol. The zero-order valence-corrected chi connectivity index (χ0v) is 15.5. The van der Waals surface area contributed by atoms with Crippen LogP contribution in [0.25, 0.3) is 0 Å². The van der Waals surface area contributed by atoms with Crippen molar-refractivity contribution in [2.45, 2.75) is 19.0 Å². The van der Waals surface area contributed by atoms with Crippen LogP contribution in [0.15, 0.2) is 64.1 Å². The number of amides is 2. The molecule has 0 aliphatic carbocycles. The Bertz CT molecular complexity index is 861. The number of hydrogen-bond acceptors (Lipinski definition) is 4. The summed E-state index contributed by atoms with van der Waals surface area (Å²) in [6, 6.07) is 9.80. The van der Waals surface area contributed by atoms with Gasteiger partial charge in [0.2, 0.25) is 5.91 Å². The lowest BCUT2D eigenvalue weighted by Gasteiger charge is -2.21. The van der Waals surface area contributed by atoms with Crippen LogP contribution in [0.3, 0.4) is 0 Å². The smallest absolute Gasteiger partial charge is 0.255 e. The van der Waals surface area contributed by atoms with Crippen molar-refractivity contribution >= 4 is 34.8 Å². The highest BCUT2D eigenvalue weighted by atomic mass is 35.5. The fraction of sp³-hybridized carbons (Fsp3) is 0.158. The normalized spacial score (nSPS) is 13.0. The molecule has 2 unspecified atom stereocenters. The van der Waals surface area contributed by atoms with Crippen molar-refractivity contribution in [1.29, 1.82) is 0 Å². The van der Waals surface area contributed by atoms with Gasteiger partial charge in [-0.05, 0) is 53.1 Å². The van der Waals surface area contributed by atoms with E-state index in [1.807, 2.05) is 29.0 Å². The lowest BCUT2D eigenvalue weighted by Crippen LogP contribution is -2.46. The van der Waals surface area contributed by atoms with Gasteiger partial charge < -0.3 is 15.1 Å². The van der Waals surface area contributed by atoms with E-state index in [4.69, 9.17) is 16.0 Å². The van der Waals surface area contributed by atoms with Crippen LogP contribution in [-0.4, -0.2) is 17.9 Å². The summed E-state index contributed by atoms with van der Waals surface area (Å²) >= 11 is 7.52. The predicted molar refractivity (Wildman–Crippen MR) is 101 cm³/mol. The first-order chi connectivity index (χ1) is 12.5. The second-order valence-electron chi connectivity index (χ2n) is 5.76. The van der Waals surface area contributed by atoms with Gasteiger partial charge >= 0.3 is 0 Å². The highest BCUT2D eigenvalue weighted by molar-refractivity contribution is 7.08. The first kappa shape index (κ1) is 18.2. The average molecular weight is 389 g/mol. The second-order valence-corrected chi connectivity index (χ2v) is 6.97. The first-order valence-electron chi connectivity index (χ1n) is 7.95. The summed E-state index contributed by atoms with van der Waals surface area (Å²) in [7, 11) is 0. The Hall–Kier alpha value is -2.57. The van der Waals surface area contributed by atoms with Crippen LogP contribution in [0.4, 0.5) is 0 Å². The monoisotopic (exact) mass is 388 g/mol. The summed E-state index contributed by atoms with van der Waals surface area (Å²) in [4.78, 5) is 24.7. The first-order valence-corrected chi connectivity index (χ1v) is 9.27. The van der Waals surface area contributed by atoms with Crippen molar-refractivity contribution in [2.75, 3.05) is 0 Å². The number of furan rings is 1. The van der Waals surface area contributed by atoms with Crippen molar-refractivity contribution in [3.05, 3.63) is 81.4 Å². The maximum Gasteiger partial charge on any atom is 0.255 e. The van der Waals surface area contributed by atoms with Crippen molar-refractivity contribution in [3.8, 4) is 0 Å². The van der Waals surface area contributed by atoms with Crippen LogP contribution in [0, 0.1) is 0 Å². The molecule has 2 N–H and O–H groups in total. The van der Waals surface area contributed by atoms with Crippen molar-refractivity contribution in [3.63, 3.8) is 0 Å². The molecule has 2 atom stereocenters. The molecule has 0 saturated carbocycles. The summed E-state index contributed by atoms with van der Waals surface area (Å²) in [6.45, 7) is 1.64. The number of carbonyl (C=O) groups excluding carboxylic acids is 2. The number of hydrogen-bond donors (Lipinski definition) is 2. The number of rotatable bonds is 6. The van der Waals surface area contributed by atoms with Gasteiger partial charge in [0.05, 0.1) is 17.9 Å². The fourth-order valence-corrected chi connectivity index (χ4v) is 3.27. The van der Waals surface area contributed by atoms with Gasteiger partial charge in [0.1, 0.15) is 12.3 Å². The number of benzene rings is 1. The van der Waals surface area contributed by atoms with E-state index in [2.05, 4.69) is 10.6 Å². The molecule has 1 aromatic carbocycles. The number of thiophene rings is 1. The van der Waals surface area contributed by atoms with Crippen LogP contribution < -0.4 is 10.6 Å². The van der Waals surface area contributed by atoms with Crippen LogP contribution in [0.5, 0.6) is 0 Å². The molecule has 5 nitrogen and oxygen atoms in total. The maximum atomic E-state index is 12.6. The fourth-order valence-electron chi connectivity index (χ4n) is 2.46. The zero-order chi connectivity index (χ0) is 18.5. The third-order valence-corrected chi connectivity index (χ3v) is 4.84. The van der Waals surface area contributed by atoms with Gasteiger partial charge in [0.25, 0.3) is 5.91 Å². The predicted octanol–water partition coefficient (Wildman–Crippen LogP) is 4.02. The van der Waals surface area contributed by atoms with E-state index in [0.29, 0.717) is 10.6 Å². The molecule has 0 spiro atoms. The molecule has 0 aliphatic heterocycles. The van der Waals surface area contributed by atoms with Crippen molar-refractivity contribution in [1.82, 2.24) is 10.6 Å². The lowest BCUT2D eigenvalue weighted by atomic mass is 10.0. The highest BCUT2D eigenvalue weighted by Crippen LogP contribution is 2.25. The van der Waals surface area contributed by atoms with E-state index in [0.717, 1.165) is 11.1 Å². The van der Waals surface area contributed by atoms with Gasteiger partial charge in [-0.3, -0.25) is 9.59 Å². The largest absolute Gasteiger partial charge is 0.472 e. The summed E-state index contributed by atoms with van der Waals surface area (Å²) < 4.78 is 4.89. The standard InChI is InChI=1S/C19H17ClN2O3S/c1-12(21-19(24)14-6-8-25-10-14)18(23)22-17(15-7-9-26-11-15)13-2-4-16(20)5-3-13/h2-12,17H,1H3,(H,21,24)(H,22,23). The van der Waals surface area contributed by atoms with Gasteiger partial charge in [-0.2, -0.15) is 11.3 Å². The van der Waals surface area contributed by atoms with Crippen LogP contribution >= 0.6 is 22.9 Å². The topological polar surface area (TPSA) is 71.3 Å². The SMILES string of the molecule is CC(NC(=O)c1ccoc1)C(=O)NC(c1ccc(Cl)cc1)c1ccsc1. The molecule has 0 saturated heterocycles. The van der Waals surface area contributed by atoms with E-state index >= 15 is 0 Å². The van der Waals surface area contributed by atoms with Crippen molar-refractivity contribution in [2.24, 2.45) is 0 Å². The number of nitrogens with one attached hydrogen (secondary N) is 2. The molecule has 0 fully saturated rings. The summed E-state index contributed by atoms with van der Waals surface area (Å²) in [5, 5.41) is 10.2. The quantitative estimate of drug-likeness (QED) is 0.670. The van der Waals surface area contributed by atoms with Gasteiger partial charge in [-0.1, -0.05) is 23.7 Å². The minimum absolute atomic E-state index is 0.284. The second kappa shape index (κ2) is 8.21. The van der Waals surface area contributed by atoms with Crippen LogP contribution in [0.1, 0.15) is 34.5 Å². The molecule has 2 heterocycles. The molecule has 2 aromatic heterocycles. The summed E-state index contributed by atoms with van der Waals surface area (Å²) in [5.41, 5.74) is 2.25. The third-order valence-electron chi connectivity index (χ3n) is 3.89. The molecule has 0 radical (unpaired) electrons. The molecule has 7 heteroatoms. The molecular formula is C19H17ClN2O3S. The molecule has 0 aliphatic rings. The molecule has 26 heavy (non-hydrogen) atoms. The summed E-state index contributed by atoms with van der Waals surface area (Å²) in [5.74, 6) is -0.645. The van der Waals surface area contributed by atoms with E-state index in [1.54, 1.807) is 36.5 Å². The van der Waals surface area contributed by atoms with E-state index in [1.165, 1.54) is 12.5 Å². The maximum absolute atomic E-state index is 12.6. The Morgan fingerprint density at radius 3 is 2.46 bits per heavy atom. The Balaban J connectivity index is 1.73. The molecule has 0 bridgehead atoms. The van der Waals surface area contributed by atoms with Crippen LogP contribution in [-0.2, 0) is 4.79 Å². The van der Waals surface area contributed by atoms with Gasteiger partial charge in [0, 0.05) is 5.02 Å². The Morgan fingerprint density at radius 2 is 1.85 bits per heavy atom. The van der Waals surface area contributed by atoms with E-state index < -0.39 is 6.04 Å². The lowest BCUT2D eigenvalue weighted by molar-refractivity contribution is -0.123. The van der Waals surface area contributed by atoms with Gasteiger partial charge in [-0.25, -0.2) is 0 Å². The highest BCUT2D eigenvalue weighted by Gasteiger charge is 2.22. The van der Waals surface area contributed by atoms with E-state index in [-0.39, 0.29) is 17.9 Å². The Kier molecular flexibility index (Phi) is 5.75. The molecule has 3 aromatic rings. The minimum Gasteiger partial charge on any atom is -0.472 e. The number of carbonyl (C=O) groups is 2. The average Bonchev–Trinajstić information content (AvgIpc) is 3.34.